The molecule has 0 aliphatic carbocycles. The van der Waals surface area contributed by atoms with Gasteiger partial charge in [0, 0.05) is 0 Å². The molecule has 0 bridgehead atoms. The van der Waals surface area contributed by atoms with E-state index in [1.165, 1.54) is 0 Å². The summed E-state index contributed by atoms with van der Waals surface area (Å²) in [5.74, 6) is 0. The van der Waals surface area contributed by atoms with E-state index in [9.17, 15) is 4.79 Å². The van der Waals surface area contributed by atoms with Crippen molar-refractivity contribution < 1.29 is 13.6 Å². The maximum absolute atomic E-state index is 9.81. The van der Waals surface area contributed by atoms with Crippen LogP contribution in [0.1, 0.15) is 0 Å². The van der Waals surface area contributed by atoms with Crippen LogP contribution in [0.3, 0.4) is 0 Å². The summed E-state index contributed by atoms with van der Waals surface area (Å²) >= 11 is 0. The summed E-state index contributed by atoms with van der Waals surface area (Å²) in [6.07, 6.45) is -0.534. The molecule has 0 aromatic heterocycles. The average molecular weight is 122 g/mol. The molecular weight excluding hydrogens is 116 g/mol. The first-order chi connectivity index (χ1) is 2.81. The van der Waals surface area contributed by atoms with Gasteiger partial charge in [-0.1, -0.05) is 0 Å². The summed E-state index contributed by atoms with van der Waals surface area (Å²) in [4.78, 5) is 9.81. The summed E-state index contributed by atoms with van der Waals surface area (Å²) in [6.45, 7) is 0. The molecule has 0 saturated carbocycles. The highest BCUT2D eigenvalue weighted by Crippen LogP contribution is 1.70. The zero-order valence-electron chi connectivity index (χ0n) is 3.72. The molecular formula is CH6O3Si2. The van der Waals surface area contributed by atoms with Crippen LogP contribution < -0.4 is 0 Å². The van der Waals surface area contributed by atoms with Gasteiger partial charge in [0.15, 0.2) is 0 Å². The summed E-state index contributed by atoms with van der Waals surface area (Å²) in [6, 6.07) is 0. The Morgan fingerprint density at radius 1 is 1.33 bits per heavy atom. The molecule has 6 heavy (non-hydrogen) atoms. The van der Waals surface area contributed by atoms with Crippen LogP contribution in [0, 0.1) is 0 Å². The van der Waals surface area contributed by atoms with E-state index in [4.69, 9.17) is 0 Å². The fourth-order valence-corrected chi connectivity index (χ4v) is 0.750. The van der Waals surface area contributed by atoms with Gasteiger partial charge in [0.05, 0.1) is 0 Å². The van der Waals surface area contributed by atoms with Crippen molar-refractivity contribution >= 4 is 27.1 Å². The van der Waals surface area contributed by atoms with Crippen molar-refractivity contribution in [3.8, 4) is 0 Å². The maximum atomic E-state index is 9.81. The van der Waals surface area contributed by atoms with Gasteiger partial charge in [0.1, 0.15) is 0 Å². The normalized spacial score (nSPS) is 8.00. The van der Waals surface area contributed by atoms with Gasteiger partial charge in [0.25, 0.3) is 0 Å². The molecule has 0 N–H and O–H groups in total. The standard InChI is InChI=1S/CH6O3Si2/c2-1(3-5)4-6/h5-6H3. The molecule has 3 nitrogen and oxygen atoms in total. The quantitative estimate of drug-likeness (QED) is 0.339. The molecule has 0 unspecified atom stereocenters. The highest BCUT2D eigenvalue weighted by molar-refractivity contribution is 6.09. The summed E-state index contributed by atoms with van der Waals surface area (Å²) in [7, 11) is 0.860. The van der Waals surface area contributed by atoms with E-state index in [1.54, 1.807) is 0 Å². The molecule has 0 aliphatic heterocycles. The number of carbonyl (C=O) groups excluding carboxylic acids is 1. The fourth-order valence-electron chi connectivity index (χ4n) is 0.0833. The lowest BCUT2D eigenvalue weighted by atomic mass is 11.5. The highest BCUT2D eigenvalue weighted by Gasteiger charge is 1.86. The van der Waals surface area contributed by atoms with Crippen LogP contribution in [0.2, 0.25) is 0 Å². The lowest BCUT2D eigenvalue weighted by molar-refractivity contribution is 0.160. The first-order valence-electron chi connectivity index (χ1n) is 1.43. The van der Waals surface area contributed by atoms with Gasteiger partial charge in [-0.25, -0.2) is 4.79 Å². The second-order valence-corrected chi connectivity index (χ2v) is 1.47. The Morgan fingerprint density at radius 3 is 1.67 bits per heavy atom. The van der Waals surface area contributed by atoms with Crippen molar-refractivity contribution in [1.29, 1.82) is 0 Å². The Balaban J connectivity index is 2.99. The molecule has 0 fully saturated rings. The second-order valence-electron chi connectivity index (χ2n) is 0.658. The third kappa shape index (κ3) is 1.97. The monoisotopic (exact) mass is 122 g/mol. The van der Waals surface area contributed by atoms with E-state index in [0.717, 1.165) is 0 Å². The Kier molecular flexibility index (Phi) is 2.77. The molecule has 0 radical (unpaired) electrons. The topological polar surface area (TPSA) is 35.5 Å². The number of rotatable bonds is 0. The molecule has 0 spiro atoms. The predicted octanol–water partition coefficient (Wildman–Crippen LogP) is -2.30. The lowest BCUT2D eigenvalue weighted by Gasteiger charge is -1.92. The van der Waals surface area contributed by atoms with E-state index >= 15 is 0 Å². The minimum Gasteiger partial charge on any atom is -0.499 e. The van der Waals surface area contributed by atoms with Crippen LogP contribution in [-0.4, -0.2) is 27.1 Å². The Bertz CT molecular complexity index is 46.8. The number of hydrogen-bond acceptors (Lipinski definition) is 3. The van der Waals surface area contributed by atoms with Gasteiger partial charge in [0.2, 0.25) is 21.0 Å². The molecule has 36 valence electrons. The van der Waals surface area contributed by atoms with Gasteiger partial charge in [-0.05, 0) is 0 Å². The molecule has 0 atom stereocenters. The molecule has 0 heterocycles. The van der Waals surface area contributed by atoms with Crippen LogP contribution in [-0.2, 0) is 8.85 Å². The van der Waals surface area contributed by atoms with Crippen molar-refractivity contribution in [2.24, 2.45) is 0 Å². The largest absolute Gasteiger partial charge is 0.499 e. The highest BCUT2D eigenvalue weighted by atomic mass is 28.2. The molecule has 5 heteroatoms. The smallest absolute Gasteiger partial charge is 0.479 e. The van der Waals surface area contributed by atoms with Gasteiger partial charge in [-0.3, -0.25) is 0 Å². The summed E-state index contributed by atoms with van der Waals surface area (Å²) < 4.78 is 8.42. The van der Waals surface area contributed by atoms with Crippen LogP contribution in [0.5, 0.6) is 0 Å². The zero-order valence-corrected chi connectivity index (χ0v) is 7.72. The van der Waals surface area contributed by atoms with Crippen molar-refractivity contribution in [1.82, 2.24) is 0 Å². The van der Waals surface area contributed by atoms with Crippen molar-refractivity contribution in [3.63, 3.8) is 0 Å². The van der Waals surface area contributed by atoms with Crippen LogP contribution in [0.25, 0.3) is 0 Å². The van der Waals surface area contributed by atoms with Gasteiger partial charge in [-0.15, -0.1) is 0 Å². The van der Waals surface area contributed by atoms with Gasteiger partial charge < -0.3 is 8.85 Å². The van der Waals surface area contributed by atoms with E-state index < -0.39 is 6.16 Å². The predicted molar refractivity (Wildman–Crippen MR) is 27.4 cm³/mol. The third-order valence-electron chi connectivity index (χ3n) is 0.333. The maximum Gasteiger partial charge on any atom is 0.479 e. The number of carbonyl (C=O) groups is 1. The van der Waals surface area contributed by atoms with Crippen molar-refractivity contribution in [3.05, 3.63) is 0 Å². The first kappa shape index (κ1) is 5.70. The SMILES string of the molecule is O=C(O[SiH3])O[SiH3]. The van der Waals surface area contributed by atoms with E-state index in [0.29, 0.717) is 21.0 Å². The third-order valence-corrected chi connectivity index (χ3v) is 1.00. The Hall–Kier alpha value is -0.296. The van der Waals surface area contributed by atoms with Crippen LogP contribution in [0.4, 0.5) is 4.79 Å². The summed E-state index contributed by atoms with van der Waals surface area (Å²) in [5, 5.41) is 0. The van der Waals surface area contributed by atoms with Crippen LogP contribution >= 0.6 is 0 Å². The van der Waals surface area contributed by atoms with Crippen molar-refractivity contribution in [2.45, 2.75) is 0 Å². The second kappa shape index (κ2) is 2.92. The van der Waals surface area contributed by atoms with Gasteiger partial charge >= 0.3 is 6.16 Å². The fraction of sp³-hybridized carbons (Fsp3) is 0. The van der Waals surface area contributed by atoms with E-state index in [2.05, 4.69) is 8.85 Å². The molecule has 0 rings (SSSR count). The minimum absolute atomic E-state index is 0.430. The molecule has 0 amide bonds. The molecule has 0 aliphatic rings. The Morgan fingerprint density at radius 2 is 1.67 bits per heavy atom. The van der Waals surface area contributed by atoms with E-state index in [1.807, 2.05) is 0 Å². The Labute approximate surface area is 41.7 Å². The van der Waals surface area contributed by atoms with Gasteiger partial charge in [-0.2, -0.15) is 0 Å². The lowest BCUT2D eigenvalue weighted by Crippen LogP contribution is -2.00. The zero-order chi connectivity index (χ0) is 4.99. The molecule has 0 saturated heterocycles. The molecule has 0 aromatic carbocycles. The summed E-state index contributed by atoms with van der Waals surface area (Å²) in [5.41, 5.74) is 0. The first-order valence-corrected chi connectivity index (χ1v) is 3.06. The van der Waals surface area contributed by atoms with E-state index in [-0.39, 0.29) is 0 Å². The average Bonchev–Trinajstić information content (AvgIpc) is 1.65. The van der Waals surface area contributed by atoms with Crippen molar-refractivity contribution in [2.75, 3.05) is 0 Å². The molecule has 0 aromatic rings. The van der Waals surface area contributed by atoms with Crippen LogP contribution in [0.15, 0.2) is 0 Å². The number of hydrogen-bond donors (Lipinski definition) is 0. The minimum atomic E-state index is -0.534.